The second-order valence-corrected chi connectivity index (χ2v) is 8.06. The van der Waals surface area contributed by atoms with Crippen molar-refractivity contribution in [3.05, 3.63) is 22.2 Å². The normalized spacial score (nSPS) is 20.4. The molecule has 0 aliphatic carbocycles. The number of hydrogen-bond acceptors (Lipinski definition) is 4. The number of rotatable bonds is 2. The van der Waals surface area contributed by atoms with E-state index in [-0.39, 0.29) is 17.2 Å². The molecule has 0 radical (unpaired) electrons. The minimum atomic E-state index is -3.62. The Hall–Kier alpha value is -0.960. The number of sulfonamides is 1. The molecule has 1 fully saturated rings. The third kappa shape index (κ3) is 2.73. The van der Waals surface area contributed by atoms with Gasteiger partial charge in [-0.15, -0.1) is 0 Å². The van der Waals surface area contributed by atoms with Crippen LogP contribution in [-0.2, 0) is 21.2 Å². The minimum Gasteiger partial charge on any atom is -0.393 e. The van der Waals surface area contributed by atoms with Crippen molar-refractivity contribution in [1.82, 2.24) is 4.31 Å². The fourth-order valence-corrected chi connectivity index (χ4v) is 5.17. The number of fused-ring (bicyclic) bond motifs is 1. The van der Waals surface area contributed by atoms with Gasteiger partial charge in [0.15, 0.2) is 0 Å². The van der Waals surface area contributed by atoms with Gasteiger partial charge in [0, 0.05) is 23.2 Å². The summed E-state index contributed by atoms with van der Waals surface area (Å²) in [6.07, 6.45) is 0.662. The summed E-state index contributed by atoms with van der Waals surface area (Å²) < 4.78 is 27.2. The Bertz CT molecular complexity index is 696. The first kappa shape index (κ1) is 15.0. The first-order chi connectivity index (χ1) is 9.88. The number of aliphatic hydroxyl groups excluding tert-OH is 1. The summed E-state index contributed by atoms with van der Waals surface area (Å²) in [5, 5.41) is 12.2. The van der Waals surface area contributed by atoms with Crippen molar-refractivity contribution >= 4 is 37.5 Å². The maximum absolute atomic E-state index is 12.7. The summed E-state index contributed by atoms with van der Waals surface area (Å²) in [4.78, 5) is 11.6. The van der Waals surface area contributed by atoms with E-state index in [9.17, 15) is 18.3 Å². The molecule has 0 saturated carbocycles. The Morgan fingerprint density at radius 2 is 1.95 bits per heavy atom. The van der Waals surface area contributed by atoms with E-state index in [1.54, 1.807) is 12.1 Å². The van der Waals surface area contributed by atoms with E-state index >= 15 is 0 Å². The molecule has 2 aliphatic rings. The van der Waals surface area contributed by atoms with Crippen LogP contribution >= 0.6 is 15.9 Å². The van der Waals surface area contributed by atoms with Crippen LogP contribution < -0.4 is 5.32 Å². The molecule has 0 aromatic heterocycles. The highest BCUT2D eigenvalue weighted by molar-refractivity contribution is 9.10. The van der Waals surface area contributed by atoms with Gasteiger partial charge in [-0.3, -0.25) is 4.79 Å². The van der Waals surface area contributed by atoms with Crippen LogP contribution in [0.1, 0.15) is 18.4 Å². The molecule has 2 heterocycles. The van der Waals surface area contributed by atoms with Gasteiger partial charge in [0.05, 0.1) is 17.4 Å². The van der Waals surface area contributed by atoms with Crippen LogP contribution in [0.4, 0.5) is 5.69 Å². The van der Waals surface area contributed by atoms with Crippen LogP contribution in [0.2, 0.25) is 0 Å². The largest absolute Gasteiger partial charge is 0.393 e. The van der Waals surface area contributed by atoms with Crippen LogP contribution in [0.25, 0.3) is 0 Å². The fraction of sp³-hybridized carbons (Fsp3) is 0.462. The number of piperidine rings is 1. The summed E-state index contributed by atoms with van der Waals surface area (Å²) in [6, 6.07) is 3.18. The quantitative estimate of drug-likeness (QED) is 0.810. The molecule has 0 bridgehead atoms. The number of nitrogens with one attached hydrogen (secondary N) is 1. The number of nitrogens with zero attached hydrogens (tertiary/aromatic N) is 1. The average molecular weight is 375 g/mol. The lowest BCUT2D eigenvalue weighted by molar-refractivity contribution is -0.115. The van der Waals surface area contributed by atoms with Gasteiger partial charge in [0.2, 0.25) is 15.9 Å². The lowest BCUT2D eigenvalue weighted by Gasteiger charge is -2.29. The molecule has 8 heteroatoms. The molecule has 114 valence electrons. The monoisotopic (exact) mass is 374 g/mol. The number of benzene rings is 1. The number of amides is 1. The highest BCUT2D eigenvalue weighted by Gasteiger charge is 2.32. The molecule has 1 aromatic carbocycles. The molecule has 1 saturated heterocycles. The van der Waals surface area contributed by atoms with E-state index in [2.05, 4.69) is 21.2 Å². The summed E-state index contributed by atoms with van der Waals surface area (Å²) in [6.45, 7) is 0.619. The van der Waals surface area contributed by atoms with Crippen molar-refractivity contribution < 1.29 is 18.3 Å². The van der Waals surface area contributed by atoms with E-state index in [1.165, 1.54) is 4.31 Å². The highest BCUT2D eigenvalue weighted by Crippen LogP contribution is 2.34. The summed E-state index contributed by atoms with van der Waals surface area (Å²) in [5.74, 6) is -0.132. The molecule has 0 spiro atoms. The van der Waals surface area contributed by atoms with E-state index in [4.69, 9.17) is 0 Å². The number of hydrogen-bond donors (Lipinski definition) is 2. The van der Waals surface area contributed by atoms with Crippen molar-refractivity contribution in [2.45, 2.75) is 30.3 Å². The maximum Gasteiger partial charge on any atom is 0.244 e. The molecule has 0 atom stereocenters. The predicted molar refractivity (Wildman–Crippen MR) is 80.5 cm³/mol. The van der Waals surface area contributed by atoms with Crippen LogP contribution in [-0.4, -0.2) is 42.9 Å². The number of carbonyl (C=O) groups is 1. The van der Waals surface area contributed by atoms with Crippen LogP contribution in [0.15, 0.2) is 21.5 Å². The van der Waals surface area contributed by atoms with Gasteiger partial charge in [-0.25, -0.2) is 8.42 Å². The molecule has 6 nitrogen and oxygen atoms in total. The minimum absolute atomic E-state index is 0.132. The average Bonchev–Trinajstić information content (AvgIpc) is 2.77. The third-order valence-corrected chi connectivity index (χ3v) is 6.68. The zero-order valence-corrected chi connectivity index (χ0v) is 13.6. The van der Waals surface area contributed by atoms with E-state index < -0.39 is 16.1 Å². The van der Waals surface area contributed by atoms with Crippen molar-refractivity contribution in [3.63, 3.8) is 0 Å². The van der Waals surface area contributed by atoms with Crippen LogP contribution in [0.5, 0.6) is 0 Å². The van der Waals surface area contributed by atoms with Gasteiger partial charge >= 0.3 is 0 Å². The Balaban J connectivity index is 1.96. The van der Waals surface area contributed by atoms with Gasteiger partial charge in [0.25, 0.3) is 0 Å². The van der Waals surface area contributed by atoms with Crippen LogP contribution in [0.3, 0.4) is 0 Å². The summed E-state index contributed by atoms with van der Waals surface area (Å²) in [7, 11) is -3.62. The summed E-state index contributed by atoms with van der Waals surface area (Å²) in [5.41, 5.74) is 1.35. The maximum atomic E-state index is 12.7. The van der Waals surface area contributed by atoms with E-state index in [1.807, 2.05) is 0 Å². The van der Waals surface area contributed by atoms with Gasteiger partial charge in [-0.1, -0.05) is 0 Å². The van der Waals surface area contributed by atoms with Crippen LogP contribution in [0, 0.1) is 0 Å². The standard InChI is InChI=1S/C13H15BrN2O4S/c14-10-7-11-8(6-13(18)15-11)5-12(10)21(19,20)16-3-1-9(17)2-4-16/h5,7,9,17H,1-4,6H2,(H,15,18). The van der Waals surface area contributed by atoms with Gasteiger partial charge in [-0.05, 0) is 46.5 Å². The Labute approximate surface area is 131 Å². The smallest absolute Gasteiger partial charge is 0.244 e. The Morgan fingerprint density at radius 1 is 1.29 bits per heavy atom. The Kier molecular flexibility index (Phi) is 3.81. The second kappa shape index (κ2) is 5.35. The molecule has 21 heavy (non-hydrogen) atoms. The number of halogens is 1. The van der Waals surface area contributed by atoms with Gasteiger partial charge in [-0.2, -0.15) is 4.31 Å². The zero-order chi connectivity index (χ0) is 15.2. The molecule has 0 unspecified atom stereocenters. The zero-order valence-electron chi connectivity index (χ0n) is 11.2. The van der Waals surface area contributed by atoms with Crippen molar-refractivity contribution in [2.24, 2.45) is 0 Å². The Morgan fingerprint density at radius 3 is 2.62 bits per heavy atom. The topological polar surface area (TPSA) is 86.7 Å². The highest BCUT2D eigenvalue weighted by atomic mass is 79.9. The third-order valence-electron chi connectivity index (χ3n) is 3.82. The number of anilines is 1. The number of aliphatic hydroxyl groups is 1. The van der Waals surface area contributed by atoms with Crippen molar-refractivity contribution in [2.75, 3.05) is 18.4 Å². The van der Waals surface area contributed by atoms with Gasteiger partial charge in [0.1, 0.15) is 0 Å². The molecular formula is C13H15BrN2O4S. The lowest BCUT2D eigenvalue weighted by Crippen LogP contribution is -2.40. The van der Waals surface area contributed by atoms with E-state index in [0.717, 1.165) is 0 Å². The molecule has 1 amide bonds. The fourth-order valence-electron chi connectivity index (χ4n) is 2.64. The van der Waals surface area contributed by atoms with Crippen molar-refractivity contribution in [3.8, 4) is 0 Å². The SMILES string of the molecule is O=C1Cc2cc(S(=O)(=O)N3CCC(O)CC3)c(Br)cc2N1. The summed E-state index contributed by atoms with van der Waals surface area (Å²) >= 11 is 3.28. The molecule has 2 aliphatic heterocycles. The first-order valence-electron chi connectivity index (χ1n) is 6.68. The molecule has 1 aromatic rings. The molecule has 2 N–H and O–H groups in total. The second-order valence-electron chi connectivity index (χ2n) is 5.30. The van der Waals surface area contributed by atoms with Crippen molar-refractivity contribution in [1.29, 1.82) is 0 Å². The van der Waals surface area contributed by atoms with E-state index in [0.29, 0.717) is 41.7 Å². The molecule has 3 rings (SSSR count). The van der Waals surface area contributed by atoms with Gasteiger partial charge < -0.3 is 10.4 Å². The predicted octanol–water partition coefficient (Wildman–Crippen LogP) is 1.09. The lowest BCUT2D eigenvalue weighted by atomic mass is 10.1. The molecular weight excluding hydrogens is 360 g/mol. The first-order valence-corrected chi connectivity index (χ1v) is 8.92. The number of carbonyl (C=O) groups excluding carboxylic acids is 1.